The summed E-state index contributed by atoms with van der Waals surface area (Å²) in [5, 5.41) is 0. The fraction of sp³-hybridized carbons (Fsp3) is 1.00. The summed E-state index contributed by atoms with van der Waals surface area (Å²) in [6.45, 7) is 0. The Bertz CT molecular complexity index is 1420. The van der Waals surface area contributed by atoms with Gasteiger partial charge in [-0.1, -0.05) is 51.4 Å². The van der Waals surface area contributed by atoms with Gasteiger partial charge in [-0.15, -0.1) is 0 Å². The zero-order valence-corrected chi connectivity index (χ0v) is 42.3. The quantitative estimate of drug-likeness (QED) is 0.0916. The summed E-state index contributed by atoms with van der Waals surface area (Å²) in [6, 6.07) is 2.25. The van der Waals surface area contributed by atoms with Gasteiger partial charge in [-0.25, -0.2) is 27.4 Å². The van der Waals surface area contributed by atoms with Gasteiger partial charge in [-0.3, -0.25) is 27.1 Å². The predicted octanol–water partition coefficient (Wildman–Crippen LogP) is -2.27. The van der Waals surface area contributed by atoms with Gasteiger partial charge in [-0.05, 0) is 51.4 Å². The molecule has 8 unspecified atom stereocenters. The normalized spacial score (nSPS) is 34.2. The number of rotatable bonds is 12. The number of nitrogens with two attached hydrogens (primary N) is 8. The summed E-state index contributed by atoms with van der Waals surface area (Å²) in [7, 11) is -36.1. The van der Waals surface area contributed by atoms with Gasteiger partial charge in [0.1, 0.15) is 36.6 Å². The summed E-state index contributed by atoms with van der Waals surface area (Å²) in [6.07, 6.45) is 0.334. The molecule has 0 aromatic carbocycles. The summed E-state index contributed by atoms with van der Waals surface area (Å²) >= 11 is 0. The van der Waals surface area contributed by atoms with E-state index in [1.54, 1.807) is 0 Å². The van der Waals surface area contributed by atoms with Crippen LogP contribution in [0.1, 0.15) is 103 Å². The molecule has 0 aliphatic heterocycles. The minimum absolute atomic E-state index is 0.281. The van der Waals surface area contributed by atoms with Crippen LogP contribution in [0.25, 0.3) is 0 Å². The SMILES string of the molecule is NC1CCCCC1N.NC1CCCCC1N.NC1CCCCC1N.NC1CCCCC1N.O=P(O)(O)OC1C(OP(=O)(O)O)C(OP(=O)(O)O)C(OP(=O)(O)O)C(OP(=O)(O)O)C1OP(=O)(O)O. The van der Waals surface area contributed by atoms with Crippen molar-refractivity contribution in [3.8, 4) is 0 Å². The number of phosphoric ester groups is 6. The molecule has 28 N–H and O–H groups in total. The molecule has 0 amide bonds. The molecule has 0 aromatic rings. The van der Waals surface area contributed by atoms with Gasteiger partial charge in [0.2, 0.25) is 0 Å². The molecule has 0 spiro atoms. The van der Waals surface area contributed by atoms with Gasteiger partial charge in [0, 0.05) is 48.3 Å². The largest absolute Gasteiger partial charge is 0.470 e. The van der Waals surface area contributed by atoms with Crippen molar-refractivity contribution in [2.75, 3.05) is 0 Å². The van der Waals surface area contributed by atoms with Crippen molar-refractivity contribution in [2.45, 2.75) is 188 Å². The fourth-order valence-corrected chi connectivity index (χ4v) is 10.9. The molecule has 0 bridgehead atoms. The lowest BCUT2D eigenvalue weighted by Crippen LogP contribution is -2.66. The standard InChI is InChI=1S/4C6H14N2.C6H18O24P6/c4*7-5-3-1-2-4-6(5)8;7-31(8,9)25-1-2(26-32(10,11)12)4(28-34(16,17)18)6(30-36(22,23)24)5(29-35(19,20)21)3(1)27-33(13,14)15/h4*5-6H,1-4,7-8H2;1-6H,(H2,7,8,9)(H2,10,11,12)(H2,13,14,15)(H2,16,17,18)(H2,19,20,21)(H2,22,23,24). The van der Waals surface area contributed by atoms with Crippen molar-refractivity contribution in [1.82, 2.24) is 0 Å². The Morgan fingerprint density at radius 1 is 0.235 bits per heavy atom. The lowest BCUT2D eigenvalue weighted by atomic mass is 9.85. The highest BCUT2D eigenvalue weighted by Gasteiger charge is 2.62. The van der Waals surface area contributed by atoms with Crippen LogP contribution in [0.2, 0.25) is 0 Å². The molecule has 5 saturated carbocycles. The van der Waals surface area contributed by atoms with Crippen molar-refractivity contribution >= 4 is 46.9 Å². The maximum Gasteiger partial charge on any atom is 0.470 e. The van der Waals surface area contributed by atoms with Gasteiger partial charge in [-0.2, -0.15) is 0 Å². The lowest BCUT2D eigenvalue weighted by Gasteiger charge is -2.48. The van der Waals surface area contributed by atoms with E-state index in [2.05, 4.69) is 27.1 Å². The predicted molar refractivity (Wildman–Crippen MR) is 239 cm³/mol. The average molecular weight is 1120 g/mol. The zero-order chi connectivity index (χ0) is 52.6. The molecule has 5 aliphatic rings. The van der Waals surface area contributed by atoms with Gasteiger partial charge in [0.15, 0.2) is 0 Å². The molecule has 0 heterocycles. The van der Waals surface area contributed by atoms with Crippen molar-refractivity contribution < 1.29 is 113 Å². The average Bonchev–Trinajstić information content (AvgIpc) is 3.16. The summed E-state index contributed by atoms with van der Waals surface area (Å²) in [4.78, 5) is 110. The number of hydrogen-bond acceptors (Lipinski definition) is 20. The van der Waals surface area contributed by atoms with Gasteiger partial charge < -0.3 is 105 Å². The highest BCUT2D eigenvalue weighted by atomic mass is 31.2. The number of hydrogen-bond donors (Lipinski definition) is 20. The van der Waals surface area contributed by atoms with Crippen LogP contribution in [0.15, 0.2) is 0 Å². The monoisotopic (exact) mass is 1120 g/mol. The Morgan fingerprint density at radius 2 is 0.324 bits per heavy atom. The van der Waals surface area contributed by atoms with Gasteiger partial charge >= 0.3 is 46.9 Å². The van der Waals surface area contributed by atoms with E-state index >= 15 is 0 Å². The Hall–Kier alpha value is 0.340. The second-order valence-electron chi connectivity index (χ2n) is 16.8. The van der Waals surface area contributed by atoms with Crippen molar-refractivity contribution in [3.63, 3.8) is 0 Å². The zero-order valence-electron chi connectivity index (χ0n) is 37.0. The second kappa shape index (κ2) is 29.4. The molecule has 408 valence electrons. The van der Waals surface area contributed by atoms with E-state index in [9.17, 15) is 27.4 Å². The molecule has 0 aromatic heterocycles. The van der Waals surface area contributed by atoms with E-state index < -0.39 is 83.6 Å². The number of phosphoric acid groups is 6. The molecule has 32 nitrogen and oxygen atoms in total. The van der Waals surface area contributed by atoms with Crippen LogP contribution < -0.4 is 45.9 Å². The lowest BCUT2D eigenvalue weighted by molar-refractivity contribution is -0.202. The maximum atomic E-state index is 11.4. The highest BCUT2D eigenvalue weighted by molar-refractivity contribution is 7.47. The molecule has 0 radical (unpaired) electrons. The maximum absolute atomic E-state index is 11.4. The van der Waals surface area contributed by atoms with Crippen molar-refractivity contribution in [1.29, 1.82) is 0 Å². The smallest absolute Gasteiger partial charge is 0.326 e. The van der Waals surface area contributed by atoms with Crippen LogP contribution in [0.5, 0.6) is 0 Å². The first kappa shape index (κ1) is 66.4. The molecule has 5 rings (SSSR count). The Labute approximate surface area is 393 Å². The van der Waals surface area contributed by atoms with Crippen LogP contribution in [-0.2, 0) is 54.5 Å². The third kappa shape index (κ3) is 29.3. The molecule has 68 heavy (non-hydrogen) atoms. The molecule has 5 fully saturated rings. The van der Waals surface area contributed by atoms with Crippen molar-refractivity contribution in [2.24, 2.45) is 45.9 Å². The van der Waals surface area contributed by atoms with Crippen LogP contribution in [0.4, 0.5) is 0 Å². The molecule has 38 heteroatoms. The van der Waals surface area contributed by atoms with E-state index in [1.165, 1.54) is 51.4 Å². The van der Waals surface area contributed by atoms with Crippen LogP contribution in [0, 0.1) is 0 Å². The molecule has 5 aliphatic carbocycles. The van der Waals surface area contributed by atoms with Gasteiger partial charge in [0.05, 0.1) is 0 Å². The minimum atomic E-state index is -6.02. The summed E-state index contributed by atoms with van der Waals surface area (Å²) < 4.78 is 93.1. The molecular formula is C30H74N8O24P6. The van der Waals surface area contributed by atoms with Crippen molar-refractivity contribution in [3.05, 3.63) is 0 Å². The van der Waals surface area contributed by atoms with Crippen LogP contribution >= 0.6 is 46.9 Å². The topological polar surface area (TPSA) is 609 Å². The Kier molecular flexibility index (Phi) is 28.7. The van der Waals surface area contributed by atoms with Crippen LogP contribution in [0.3, 0.4) is 0 Å². The van der Waals surface area contributed by atoms with Crippen LogP contribution in [-0.4, -0.2) is 144 Å². The van der Waals surface area contributed by atoms with Gasteiger partial charge in [0.25, 0.3) is 0 Å². The second-order valence-corrected chi connectivity index (χ2v) is 24.0. The molecule has 8 atom stereocenters. The third-order valence-corrected chi connectivity index (χ3v) is 14.1. The first-order chi connectivity index (χ1) is 30.8. The first-order valence-electron chi connectivity index (χ1n) is 21.3. The Morgan fingerprint density at radius 3 is 0.382 bits per heavy atom. The Balaban J connectivity index is 0.000000564. The minimum Gasteiger partial charge on any atom is -0.326 e. The van der Waals surface area contributed by atoms with E-state index in [0.717, 1.165) is 51.4 Å². The fourth-order valence-electron chi connectivity index (χ4n) is 7.55. The highest BCUT2D eigenvalue weighted by Crippen LogP contribution is 2.57. The summed E-state index contributed by atoms with van der Waals surface area (Å²) in [5.41, 5.74) is 45.2. The third-order valence-electron chi connectivity index (χ3n) is 11.0. The molecular weight excluding hydrogens is 1040 g/mol. The molecule has 0 saturated heterocycles. The van der Waals surface area contributed by atoms with E-state index in [0.29, 0.717) is 0 Å². The van der Waals surface area contributed by atoms with E-state index in [-0.39, 0.29) is 48.3 Å². The summed E-state index contributed by atoms with van der Waals surface area (Å²) in [5.74, 6) is 0. The van der Waals surface area contributed by atoms with E-state index in [4.69, 9.17) is 105 Å². The van der Waals surface area contributed by atoms with E-state index in [1.807, 2.05) is 0 Å². The first-order valence-corrected chi connectivity index (χ1v) is 30.5.